The van der Waals surface area contributed by atoms with E-state index in [-0.39, 0.29) is 12.0 Å². The highest BCUT2D eigenvalue weighted by atomic mass is 16.5. The average Bonchev–Trinajstić information content (AvgIpc) is 3.23. The van der Waals surface area contributed by atoms with Crippen LogP contribution in [-0.2, 0) is 6.54 Å². The summed E-state index contributed by atoms with van der Waals surface area (Å²) in [5.74, 6) is 1.32. The molecular formula is C16H22N6O2. The highest BCUT2D eigenvalue weighted by Gasteiger charge is 2.30. The van der Waals surface area contributed by atoms with E-state index in [0.717, 1.165) is 12.2 Å². The molecule has 8 heteroatoms. The maximum Gasteiger partial charge on any atom is 0.272 e. The molecule has 0 radical (unpaired) electrons. The van der Waals surface area contributed by atoms with Crippen LogP contribution in [0.4, 0.5) is 5.82 Å². The standard InChI is InChI=1S/C16H22N6O2/c1-4-22-13(5-7-19-22)16(23)21-8-6-12(10-21)24-15-9-14(20(2)3)17-11-18-15/h5,7,9,11-12H,4,6,8,10H2,1-3H3. The molecule has 0 bridgehead atoms. The van der Waals surface area contributed by atoms with Crippen LogP contribution in [0.25, 0.3) is 0 Å². The molecule has 1 fully saturated rings. The van der Waals surface area contributed by atoms with Crippen molar-refractivity contribution >= 4 is 11.7 Å². The SMILES string of the molecule is CCn1nccc1C(=O)N1CCC(Oc2cc(N(C)C)ncn2)C1. The highest BCUT2D eigenvalue weighted by molar-refractivity contribution is 5.92. The zero-order chi connectivity index (χ0) is 17.1. The van der Waals surface area contributed by atoms with Gasteiger partial charge in [-0.05, 0) is 13.0 Å². The van der Waals surface area contributed by atoms with Crippen molar-refractivity contribution in [2.45, 2.75) is 26.0 Å². The first-order valence-electron chi connectivity index (χ1n) is 8.05. The van der Waals surface area contributed by atoms with Crippen molar-refractivity contribution in [2.75, 3.05) is 32.1 Å². The maximum atomic E-state index is 12.6. The average molecular weight is 330 g/mol. The van der Waals surface area contributed by atoms with Gasteiger partial charge in [-0.25, -0.2) is 9.97 Å². The summed E-state index contributed by atoms with van der Waals surface area (Å²) in [4.78, 5) is 24.6. The van der Waals surface area contributed by atoms with Crippen molar-refractivity contribution in [3.63, 3.8) is 0 Å². The molecular weight excluding hydrogens is 308 g/mol. The second-order valence-corrected chi connectivity index (χ2v) is 5.92. The lowest BCUT2D eigenvalue weighted by Gasteiger charge is -2.18. The van der Waals surface area contributed by atoms with E-state index in [0.29, 0.717) is 31.2 Å². The monoisotopic (exact) mass is 330 g/mol. The predicted molar refractivity (Wildman–Crippen MR) is 89.2 cm³/mol. The Morgan fingerprint density at radius 1 is 1.42 bits per heavy atom. The Labute approximate surface area is 141 Å². The topological polar surface area (TPSA) is 76.4 Å². The molecule has 1 atom stereocenters. The fraction of sp³-hybridized carbons (Fsp3) is 0.500. The quantitative estimate of drug-likeness (QED) is 0.816. The van der Waals surface area contributed by atoms with Crippen LogP contribution >= 0.6 is 0 Å². The van der Waals surface area contributed by atoms with E-state index >= 15 is 0 Å². The third kappa shape index (κ3) is 3.32. The minimum absolute atomic E-state index is 0.00267. The molecule has 1 aliphatic heterocycles. The molecule has 0 aromatic carbocycles. The number of likely N-dealkylation sites (tertiary alicyclic amines) is 1. The lowest BCUT2D eigenvalue weighted by Crippen LogP contribution is -2.32. The molecule has 1 unspecified atom stereocenters. The molecule has 8 nitrogen and oxygen atoms in total. The van der Waals surface area contributed by atoms with Crippen LogP contribution < -0.4 is 9.64 Å². The first kappa shape index (κ1) is 16.2. The van der Waals surface area contributed by atoms with Gasteiger partial charge in [0, 0.05) is 45.9 Å². The maximum absolute atomic E-state index is 12.6. The number of amides is 1. The molecule has 0 spiro atoms. The van der Waals surface area contributed by atoms with Crippen molar-refractivity contribution in [2.24, 2.45) is 0 Å². The summed E-state index contributed by atoms with van der Waals surface area (Å²) in [7, 11) is 3.83. The van der Waals surface area contributed by atoms with E-state index < -0.39 is 0 Å². The summed E-state index contributed by atoms with van der Waals surface area (Å²) in [5.41, 5.74) is 0.620. The van der Waals surface area contributed by atoms with Crippen LogP contribution in [0.2, 0.25) is 0 Å². The Morgan fingerprint density at radius 2 is 2.25 bits per heavy atom. The molecule has 24 heavy (non-hydrogen) atoms. The number of ether oxygens (including phenoxy) is 1. The van der Waals surface area contributed by atoms with Crippen molar-refractivity contribution < 1.29 is 9.53 Å². The summed E-state index contributed by atoms with van der Waals surface area (Å²) in [6.45, 7) is 3.87. The van der Waals surface area contributed by atoms with Crippen LogP contribution in [0.3, 0.4) is 0 Å². The molecule has 2 aromatic heterocycles. The van der Waals surface area contributed by atoms with Gasteiger partial charge in [-0.15, -0.1) is 0 Å². The zero-order valence-electron chi connectivity index (χ0n) is 14.2. The first-order valence-corrected chi connectivity index (χ1v) is 8.05. The van der Waals surface area contributed by atoms with Gasteiger partial charge in [-0.2, -0.15) is 5.10 Å². The number of carbonyl (C=O) groups excluding carboxylic acids is 1. The third-order valence-corrected chi connectivity index (χ3v) is 4.04. The third-order valence-electron chi connectivity index (χ3n) is 4.04. The largest absolute Gasteiger partial charge is 0.472 e. The Kier molecular flexibility index (Phi) is 4.64. The predicted octanol–water partition coefficient (Wildman–Crippen LogP) is 1.05. The van der Waals surface area contributed by atoms with Gasteiger partial charge in [0.05, 0.1) is 6.54 Å². The summed E-state index contributed by atoms with van der Waals surface area (Å²) < 4.78 is 7.64. The molecule has 3 heterocycles. The zero-order valence-corrected chi connectivity index (χ0v) is 14.2. The van der Waals surface area contributed by atoms with E-state index in [1.165, 1.54) is 6.33 Å². The van der Waals surface area contributed by atoms with Crippen molar-refractivity contribution in [1.82, 2.24) is 24.6 Å². The van der Waals surface area contributed by atoms with Crippen LogP contribution in [0, 0.1) is 0 Å². The van der Waals surface area contributed by atoms with E-state index in [2.05, 4.69) is 15.1 Å². The van der Waals surface area contributed by atoms with Crippen LogP contribution in [-0.4, -0.2) is 63.8 Å². The number of hydrogen-bond donors (Lipinski definition) is 0. The first-order chi connectivity index (χ1) is 11.6. The number of nitrogens with zero attached hydrogens (tertiary/aromatic N) is 6. The Bertz CT molecular complexity index is 714. The molecule has 128 valence electrons. The highest BCUT2D eigenvalue weighted by Crippen LogP contribution is 2.20. The Morgan fingerprint density at radius 3 is 3.00 bits per heavy atom. The molecule has 1 saturated heterocycles. The number of carbonyl (C=O) groups is 1. The fourth-order valence-electron chi connectivity index (χ4n) is 2.75. The Balaban J connectivity index is 1.63. The second-order valence-electron chi connectivity index (χ2n) is 5.92. The number of aryl methyl sites for hydroxylation is 1. The summed E-state index contributed by atoms with van der Waals surface area (Å²) >= 11 is 0. The number of aromatic nitrogens is 4. The lowest BCUT2D eigenvalue weighted by atomic mass is 10.3. The number of rotatable bonds is 5. The van der Waals surface area contributed by atoms with Gasteiger partial charge in [-0.3, -0.25) is 9.48 Å². The van der Waals surface area contributed by atoms with Crippen LogP contribution in [0.5, 0.6) is 5.88 Å². The molecule has 2 aromatic rings. The summed E-state index contributed by atoms with van der Waals surface area (Å²) in [6.07, 6.45) is 3.87. The lowest BCUT2D eigenvalue weighted by molar-refractivity contribution is 0.0759. The molecule has 0 saturated carbocycles. The van der Waals surface area contributed by atoms with Crippen LogP contribution in [0.1, 0.15) is 23.8 Å². The minimum atomic E-state index is -0.0585. The van der Waals surface area contributed by atoms with Gasteiger partial charge < -0.3 is 14.5 Å². The van der Waals surface area contributed by atoms with Crippen molar-refractivity contribution in [1.29, 1.82) is 0 Å². The molecule has 1 amide bonds. The van der Waals surface area contributed by atoms with Crippen molar-refractivity contribution in [3.05, 3.63) is 30.4 Å². The van der Waals surface area contributed by atoms with Gasteiger partial charge >= 0.3 is 0 Å². The van der Waals surface area contributed by atoms with Crippen LogP contribution in [0.15, 0.2) is 24.7 Å². The summed E-state index contributed by atoms with van der Waals surface area (Å²) in [6, 6.07) is 3.56. The smallest absolute Gasteiger partial charge is 0.272 e. The van der Waals surface area contributed by atoms with Gasteiger partial charge in [-0.1, -0.05) is 0 Å². The molecule has 0 aliphatic carbocycles. The van der Waals surface area contributed by atoms with E-state index in [1.807, 2.05) is 30.8 Å². The van der Waals surface area contributed by atoms with E-state index in [4.69, 9.17) is 4.74 Å². The summed E-state index contributed by atoms with van der Waals surface area (Å²) in [5, 5.41) is 4.16. The van der Waals surface area contributed by atoms with Gasteiger partial charge in [0.15, 0.2) is 0 Å². The number of anilines is 1. The van der Waals surface area contributed by atoms with Gasteiger partial charge in [0.2, 0.25) is 5.88 Å². The normalized spacial score (nSPS) is 17.1. The number of hydrogen-bond acceptors (Lipinski definition) is 6. The second kappa shape index (κ2) is 6.86. The van der Waals surface area contributed by atoms with Gasteiger partial charge in [0.25, 0.3) is 5.91 Å². The minimum Gasteiger partial charge on any atom is -0.472 e. The van der Waals surface area contributed by atoms with Gasteiger partial charge in [0.1, 0.15) is 23.9 Å². The molecule has 3 rings (SSSR count). The van der Waals surface area contributed by atoms with Crippen molar-refractivity contribution in [3.8, 4) is 5.88 Å². The van der Waals surface area contributed by atoms with E-state index in [9.17, 15) is 4.79 Å². The molecule has 0 N–H and O–H groups in total. The fourth-order valence-corrected chi connectivity index (χ4v) is 2.75. The Hall–Kier alpha value is -2.64. The van der Waals surface area contributed by atoms with E-state index in [1.54, 1.807) is 23.0 Å². The molecule has 1 aliphatic rings.